The second-order valence-electron chi connectivity index (χ2n) is 4.71. The number of esters is 1. The molecule has 0 spiro atoms. The zero-order valence-electron chi connectivity index (χ0n) is 10.0. The van der Waals surface area contributed by atoms with Crippen LogP contribution in [0.3, 0.4) is 0 Å². The van der Waals surface area contributed by atoms with Crippen molar-refractivity contribution < 1.29 is 9.53 Å². The van der Waals surface area contributed by atoms with Gasteiger partial charge in [-0.2, -0.15) is 0 Å². The number of anilines is 1. The smallest absolute Gasteiger partial charge is 0.310 e. The summed E-state index contributed by atoms with van der Waals surface area (Å²) >= 11 is 0. The highest BCUT2D eigenvalue weighted by Crippen LogP contribution is 2.24. The highest BCUT2D eigenvalue weighted by molar-refractivity contribution is 5.74. The molecule has 0 aliphatic heterocycles. The van der Waals surface area contributed by atoms with Crippen molar-refractivity contribution in [1.82, 2.24) is 0 Å². The second-order valence-corrected chi connectivity index (χ2v) is 4.71. The van der Waals surface area contributed by atoms with Crippen LogP contribution in [-0.4, -0.2) is 12.6 Å². The fourth-order valence-electron chi connectivity index (χ4n) is 2.29. The predicted molar refractivity (Wildman–Crippen MR) is 67.5 cm³/mol. The average molecular weight is 233 g/mol. The standard InChI is InChI=1S/C14H19NO2/c15-13-8-4-3-7-12(13)9-14(16)17-10-11-5-1-2-6-11/h3-4,7-8,11H,1-2,5-6,9-10,15H2. The lowest BCUT2D eigenvalue weighted by Gasteiger charge is -2.10. The van der Waals surface area contributed by atoms with Gasteiger partial charge >= 0.3 is 5.97 Å². The lowest BCUT2D eigenvalue weighted by Crippen LogP contribution is -2.14. The van der Waals surface area contributed by atoms with Gasteiger partial charge in [0.1, 0.15) is 0 Å². The summed E-state index contributed by atoms with van der Waals surface area (Å²) in [7, 11) is 0. The molecular formula is C14H19NO2. The Hall–Kier alpha value is -1.51. The van der Waals surface area contributed by atoms with E-state index in [0.717, 1.165) is 5.56 Å². The van der Waals surface area contributed by atoms with Crippen LogP contribution in [0.15, 0.2) is 24.3 Å². The Labute approximate surface area is 102 Å². The van der Waals surface area contributed by atoms with Gasteiger partial charge in [-0.15, -0.1) is 0 Å². The first-order valence-electron chi connectivity index (χ1n) is 6.24. The summed E-state index contributed by atoms with van der Waals surface area (Å²) in [6.45, 7) is 0.575. The molecule has 0 bridgehead atoms. The van der Waals surface area contributed by atoms with Gasteiger partial charge in [0.2, 0.25) is 0 Å². The molecule has 0 aromatic heterocycles. The summed E-state index contributed by atoms with van der Waals surface area (Å²) in [4.78, 5) is 11.6. The lowest BCUT2D eigenvalue weighted by molar-refractivity contribution is -0.144. The largest absolute Gasteiger partial charge is 0.465 e. The van der Waals surface area contributed by atoms with Gasteiger partial charge in [0.05, 0.1) is 13.0 Å². The van der Waals surface area contributed by atoms with Crippen LogP contribution in [-0.2, 0) is 16.0 Å². The molecule has 1 saturated carbocycles. The van der Waals surface area contributed by atoms with Gasteiger partial charge in [0.15, 0.2) is 0 Å². The molecule has 1 aliphatic carbocycles. The number of carbonyl (C=O) groups excluding carboxylic acids is 1. The van der Waals surface area contributed by atoms with E-state index in [-0.39, 0.29) is 12.4 Å². The molecule has 1 aromatic carbocycles. The minimum Gasteiger partial charge on any atom is -0.465 e. The summed E-state index contributed by atoms with van der Waals surface area (Å²) in [6.07, 6.45) is 5.21. The van der Waals surface area contributed by atoms with Gasteiger partial charge in [-0.1, -0.05) is 31.0 Å². The normalized spacial score (nSPS) is 16.0. The van der Waals surface area contributed by atoms with Crippen molar-refractivity contribution in [3.8, 4) is 0 Å². The number of nitrogen functional groups attached to an aromatic ring is 1. The second kappa shape index (κ2) is 5.71. The molecule has 1 fully saturated rings. The first kappa shape index (κ1) is 12.0. The van der Waals surface area contributed by atoms with E-state index in [1.165, 1.54) is 25.7 Å². The van der Waals surface area contributed by atoms with Crippen molar-refractivity contribution in [2.24, 2.45) is 5.92 Å². The number of ether oxygens (including phenoxy) is 1. The van der Waals surface area contributed by atoms with Crippen molar-refractivity contribution in [3.63, 3.8) is 0 Å². The summed E-state index contributed by atoms with van der Waals surface area (Å²) in [6, 6.07) is 7.42. The number of rotatable bonds is 4. The number of nitrogens with two attached hydrogens (primary N) is 1. The number of hydrogen-bond donors (Lipinski definition) is 1. The highest BCUT2D eigenvalue weighted by Gasteiger charge is 2.17. The first-order chi connectivity index (χ1) is 8.25. The van der Waals surface area contributed by atoms with Crippen LogP contribution in [0.2, 0.25) is 0 Å². The Kier molecular flexibility index (Phi) is 4.02. The number of hydrogen-bond acceptors (Lipinski definition) is 3. The van der Waals surface area contributed by atoms with E-state index in [9.17, 15) is 4.79 Å². The van der Waals surface area contributed by atoms with Crippen LogP contribution in [0, 0.1) is 5.92 Å². The zero-order valence-corrected chi connectivity index (χ0v) is 10.0. The third-order valence-corrected chi connectivity index (χ3v) is 3.34. The third-order valence-electron chi connectivity index (χ3n) is 3.34. The fourth-order valence-corrected chi connectivity index (χ4v) is 2.29. The van der Waals surface area contributed by atoms with Gasteiger partial charge in [0, 0.05) is 5.69 Å². The van der Waals surface area contributed by atoms with Crippen LogP contribution in [0.1, 0.15) is 31.2 Å². The van der Waals surface area contributed by atoms with Crippen LogP contribution < -0.4 is 5.73 Å². The Balaban J connectivity index is 1.79. The van der Waals surface area contributed by atoms with Gasteiger partial charge in [0.25, 0.3) is 0 Å². The monoisotopic (exact) mass is 233 g/mol. The van der Waals surface area contributed by atoms with Crippen molar-refractivity contribution in [2.75, 3.05) is 12.3 Å². The van der Waals surface area contributed by atoms with Gasteiger partial charge < -0.3 is 10.5 Å². The van der Waals surface area contributed by atoms with Crippen molar-refractivity contribution in [1.29, 1.82) is 0 Å². The van der Waals surface area contributed by atoms with Crippen LogP contribution in [0.25, 0.3) is 0 Å². The SMILES string of the molecule is Nc1ccccc1CC(=O)OCC1CCCC1. The molecule has 17 heavy (non-hydrogen) atoms. The van der Waals surface area contributed by atoms with Crippen LogP contribution >= 0.6 is 0 Å². The van der Waals surface area contributed by atoms with Crippen LogP contribution in [0.4, 0.5) is 5.69 Å². The van der Waals surface area contributed by atoms with E-state index in [0.29, 0.717) is 18.2 Å². The molecule has 1 aromatic rings. The quantitative estimate of drug-likeness (QED) is 0.642. The zero-order chi connectivity index (χ0) is 12.1. The van der Waals surface area contributed by atoms with E-state index in [1.807, 2.05) is 18.2 Å². The molecule has 0 radical (unpaired) electrons. The maximum atomic E-state index is 11.6. The molecule has 0 saturated heterocycles. The van der Waals surface area contributed by atoms with Crippen molar-refractivity contribution in [2.45, 2.75) is 32.1 Å². The Morgan fingerprint density at radius 1 is 1.29 bits per heavy atom. The molecule has 3 nitrogen and oxygen atoms in total. The van der Waals surface area contributed by atoms with Crippen molar-refractivity contribution >= 4 is 11.7 Å². The molecular weight excluding hydrogens is 214 g/mol. The summed E-state index contributed by atoms with van der Waals surface area (Å²) in [5, 5.41) is 0. The molecule has 2 N–H and O–H groups in total. The molecule has 0 heterocycles. The Bertz CT molecular complexity index is 384. The maximum Gasteiger partial charge on any atom is 0.310 e. The third kappa shape index (κ3) is 3.48. The molecule has 1 aliphatic rings. The minimum absolute atomic E-state index is 0.171. The first-order valence-corrected chi connectivity index (χ1v) is 6.24. The van der Waals surface area contributed by atoms with E-state index in [2.05, 4.69) is 0 Å². The molecule has 92 valence electrons. The summed E-state index contributed by atoms with van der Waals surface area (Å²) in [5.74, 6) is 0.405. The molecule has 0 atom stereocenters. The Morgan fingerprint density at radius 2 is 2.00 bits per heavy atom. The summed E-state index contributed by atoms with van der Waals surface area (Å²) < 4.78 is 5.29. The highest BCUT2D eigenvalue weighted by atomic mass is 16.5. The molecule has 0 amide bonds. The maximum absolute atomic E-state index is 11.6. The summed E-state index contributed by atoms with van der Waals surface area (Å²) in [5.41, 5.74) is 7.29. The number of para-hydroxylation sites is 1. The predicted octanol–water partition coefficient (Wildman–Crippen LogP) is 2.54. The average Bonchev–Trinajstić information content (AvgIpc) is 2.82. The topological polar surface area (TPSA) is 52.3 Å². The number of benzene rings is 1. The lowest BCUT2D eigenvalue weighted by atomic mass is 10.1. The van der Waals surface area contributed by atoms with Crippen LogP contribution in [0.5, 0.6) is 0 Å². The van der Waals surface area contributed by atoms with E-state index in [4.69, 9.17) is 10.5 Å². The van der Waals surface area contributed by atoms with E-state index >= 15 is 0 Å². The van der Waals surface area contributed by atoms with Gasteiger partial charge in [-0.3, -0.25) is 4.79 Å². The molecule has 0 unspecified atom stereocenters. The van der Waals surface area contributed by atoms with Gasteiger partial charge in [-0.25, -0.2) is 0 Å². The molecule has 2 rings (SSSR count). The number of carbonyl (C=O) groups is 1. The van der Waals surface area contributed by atoms with E-state index in [1.54, 1.807) is 6.07 Å². The van der Waals surface area contributed by atoms with E-state index < -0.39 is 0 Å². The van der Waals surface area contributed by atoms with Gasteiger partial charge in [-0.05, 0) is 30.4 Å². The van der Waals surface area contributed by atoms with Crippen molar-refractivity contribution in [3.05, 3.63) is 29.8 Å². The minimum atomic E-state index is -0.171. The molecule has 3 heteroatoms. The Morgan fingerprint density at radius 3 is 2.71 bits per heavy atom. The fraction of sp³-hybridized carbons (Fsp3) is 0.500.